The molecule has 3 rings (SSSR count). The van der Waals surface area contributed by atoms with Gasteiger partial charge in [0.25, 0.3) is 5.91 Å². The van der Waals surface area contributed by atoms with Crippen molar-refractivity contribution in [2.24, 2.45) is 5.92 Å². The maximum Gasteiger partial charge on any atom is 0.274 e. The molecule has 1 aromatic carbocycles. The molecule has 0 saturated carbocycles. The smallest absolute Gasteiger partial charge is 0.274 e. The zero-order chi connectivity index (χ0) is 18.7. The molecule has 138 valence electrons. The number of hydrogen-bond donors (Lipinski definition) is 1. The number of carbonyl (C=O) groups excluding carboxylic acids is 1. The third kappa shape index (κ3) is 4.31. The highest BCUT2D eigenvalue weighted by molar-refractivity contribution is 6.03. The number of aromatic nitrogens is 2. The Morgan fingerprint density at radius 3 is 2.42 bits per heavy atom. The molecule has 1 fully saturated rings. The maximum atomic E-state index is 12.6. The molecule has 0 radical (unpaired) electrons. The lowest BCUT2D eigenvalue weighted by atomic mass is 10.00. The van der Waals surface area contributed by atoms with Gasteiger partial charge in [0.2, 0.25) is 5.95 Å². The molecule has 0 atom stereocenters. The van der Waals surface area contributed by atoms with Crippen molar-refractivity contribution in [3.05, 3.63) is 41.7 Å². The average Bonchev–Trinajstić information content (AvgIpc) is 2.62. The first-order valence-corrected chi connectivity index (χ1v) is 9.12. The van der Waals surface area contributed by atoms with Gasteiger partial charge in [-0.15, -0.1) is 0 Å². The maximum absolute atomic E-state index is 12.6. The van der Waals surface area contributed by atoms with Gasteiger partial charge in [-0.25, -0.2) is 9.97 Å². The Balaban J connectivity index is 1.74. The number of anilines is 3. The molecule has 1 N–H and O–H groups in total. The van der Waals surface area contributed by atoms with Crippen LogP contribution < -0.4 is 15.1 Å². The van der Waals surface area contributed by atoms with Crippen LogP contribution in [0, 0.1) is 12.8 Å². The Bertz CT molecular complexity index is 764. The van der Waals surface area contributed by atoms with Gasteiger partial charge in [0.1, 0.15) is 5.69 Å². The van der Waals surface area contributed by atoms with Crippen molar-refractivity contribution >= 4 is 23.2 Å². The number of carbonyl (C=O) groups is 1. The minimum absolute atomic E-state index is 0.209. The molecular weight excluding hydrogens is 326 g/mol. The Morgan fingerprint density at radius 1 is 1.15 bits per heavy atom. The van der Waals surface area contributed by atoms with Crippen LogP contribution >= 0.6 is 0 Å². The van der Waals surface area contributed by atoms with E-state index >= 15 is 0 Å². The number of amides is 1. The van der Waals surface area contributed by atoms with Crippen molar-refractivity contribution in [1.82, 2.24) is 9.97 Å². The number of aryl methyl sites for hydroxylation is 1. The summed E-state index contributed by atoms with van der Waals surface area (Å²) in [5, 5.41) is 2.92. The van der Waals surface area contributed by atoms with Gasteiger partial charge in [-0.1, -0.05) is 6.92 Å². The summed E-state index contributed by atoms with van der Waals surface area (Å²) in [5.41, 5.74) is 3.05. The van der Waals surface area contributed by atoms with E-state index in [-0.39, 0.29) is 5.91 Å². The topological polar surface area (TPSA) is 61.4 Å². The van der Waals surface area contributed by atoms with Crippen LogP contribution in [0.25, 0.3) is 0 Å². The quantitative estimate of drug-likeness (QED) is 0.913. The number of nitrogens with one attached hydrogen (secondary N) is 1. The van der Waals surface area contributed by atoms with Crippen molar-refractivity contribution in [3.63, 3.8) is 0 Å². The van der Waals surface area contributed by atoms with E-state index in [0.29, 0.717) is 11.6 Å². The summed E-state index contributed by atoms with van der Waals surface area (Å²) in [7, 11) is 3.97. The van der Waals surface area contributed by atoms with E-state index in [9.17, 15) is 4.79 Å². The van der Waals surface area contributed by atoms with Gasteiger partial charge < -0.3 is 15.1 Å². The summed E-state index contributed by atoms with van der Waals surface area (Å²) in [4.78, 5) is 25.9. The highest BCUT2D eigenvalue weighted by Gasteiger charge is 2.20. The number of rotatable bonds is 4. The Kier molecular flexibility index (Phi) is 5.40. The first-order chi connectivity index (χ1) is 12.4. The number of piperidine rings is 1. The molecule has 6 heteroatoms. The summed E-state index contributed by atoms with van der Waals surface area (Å²) >= 11 is 0. The van der Waals surface area contributed by atoms with Crippen LogP contribution in [0.3, 0.4) is 0 Å². The van der Waals surface area contributed by atoms with Crippen molar-refractivity contribution in [3.8, 4) is 0 Å². The molecule has 1 saturated heterocycles. The molecule has 2 heterocycles. The molecule has 0 unspecified atom stereocenters. The van der Waals surface area contributed by atoms with Crippen LogP contribution in [-0.4, -0.2) is 43.1 Å². The van der Waals surface area contributed by atoms with Gasteiger partial charge in [-0.05, 0) is 56.0 Å². The van der Waals surface area contributed by atoms with Gasteiger partial charge in [-0.2, -0.15) is 0 Å². The molecule has 26 heavy (non-hydrogen) atoms. The van der Waals surface area contributed by atoms with Crippen LogP contribution in [0.2, 0.25) is 0 Å². The summed E-state index contributed by atoms with van der Waals surface area (Å²) in [6, 6.07) is 9.48. The lowest BCUT2D eigenvalue weighted by Crippen LogP contribution is -2.34. The zero-order valence-electron chi connectivity index (χ0n) is 16.0. The van der Waals surface area contributed by atoms with Crippen LogP contribution in [0.1, 0.15) is 35.9 Å². The minimum atomic E-state index is -0.209. The van der Waals surface area contributed by atoms with E-state index in [1.54, 1.807) is 6.07 Å². The minimum Gasteiger partial charge on any atom is -0.378 e. The van der Waals surface area contributed by atoms with Crippen LogP contribution in [0.5, 0.6) is 0 Å². The second-order valence-electron chi connectivity index (χ2n) is 7.26. The van der Waals surface area contributed by atoms with Crippen LogP contribution in [-0.2, 0) is 0 Å². The SMILES string of the molecule is Cc1cc(C(=O)Nc2ccc(N(C)C)cc2)nc(N2CCC(C)CC2)n1. The highest BCUT2D eigenvalue weighted by Crippen LogP contribution is 2.21. The fourth-order valence-corrected chi connectivity index (χ4v) is 3.06. The second kappa shape index (κ2) is 7.72. The van der Waals surface area contributed by atoms with Crippen molar-refractivity contribution in [1.29, 1.82) is 0 Å². The Morgan fingerprint density at radius 2 is 1.81 bits per heavy atom. The number of hydrogen-bond acceptors (Lipinski definition) is 5. The highest BCUT2D eigenvalue weighted by atomic mass is 16.1. The molecular formula is C20H27N5O. The third-order valence-corrected chi connectivity index (χ3v) is 4.78. The van der Waals surface area contributed by atoms with Crippen LogP contribution in [0.4, 0.5) is 17.3 Å². The van der Waals surface area contributed by atoms with Crippen LogP contribution in [0.15, 0.2) is 30.3 Å². The van der Waals surface area contributed by atoms with Gasteiger partial charge in [-0.3, -0.25) is 4.79 Å². The van der Waals surface area contributed by atoms with Gasteiger partial charge in [0.05, 0.1) is 0 Å². The zero-order valence-corrected chi connectivity index (χ0v) is 16.0. The molecule has 2 aromatic rings. The number of nitrogens with zero attached hydrogens (tertiary/aromatic N) is 4. The largest absolute Gasteiger partial charge is 0.378 e. The van der Waals surface area contributed by atoms with E-state index in [1.165, 1.54) is 0 Å². The summed E-state index contributed by atoms with van der Waals surface area (Å²) in [5.74, 6) is 1.19. The average molecular weight is 353 g/mol. The van der Waals surface area contributed by atoms with Crippen molar-refractivity contribution in [2.45, 2.75) is 26.7 Å². The van der Waals surface area contributed by atoms with Crippen molar-refractivity contribution < 1.29 is 4.79 Å². The lowest BCUT2D eigenvalue weighted by molar-refractivity contribution is 0.102. The van der Waals surface area contributed by atoms with E-state index in [2.05, 4.69) is 27.1 Å². The molecule has 0 aliphatic carbocycles. The van der Waals surface area contributed by atoms with Crippen molar-refractivity contribution in [2.75, 3.05) is 42.3 Å². The fraction of sp³-hybridized carbons (Fsp3) is 0.450. The van der Waals surface area contributed by atoms with Gasteiger partial charge >= 0.3 is 0 Å². The standard InChI is InChI=1S/C20H27N5O/c1-14-9-11-25(12-10-14)20-21-15(2)13-18(23-20)19(26)22-16-5-7-17(8-6-16)24(3)4/h5-8,13-14H,9-12H2,1-4H3,(H,22,26). The lowest BCUT2D eigenvalue weighted by Gasteiger charge is -2.30. The molecule has 0 bridgehead atoms. The first kappa shape index (κ1) is 18.2. The summed E-state index contributed by atoms with van der Waals surface area (Å²) < 4.78 is 0. The first-order valence-electron chi connectivity index (χ1n) is 9.12. The van der Waals surface area contributed by atoms with Gasteiger partial charge in [0.15, 0.2) is 0 Å². The molecule has 6 nitrogen and oxygen atoms in total. The summed E-state index contributed by atoms with van der Waals surface area (Å²) in [6.07, 6.45) is 2.27. The fourth-order valence-electron chi connectivity index (χ4n) is 3.06. The Hall–Kier alpha value is -2.63. The molecule has 0 spiro atoms. The molecule has 1 amide bonds. The summed E-state index contributed by atoms with van der Waals surface area (Å²) in [6.45, 7) is 6.06. The second-order valence-corrected chi connectivity index (χ2v) is 7.26. The molecule has 1 aliphatic rings. The third-order valence-electron chi connectivity index (χ3n) is 4.78. The van der Waals surface area contributed by atoms with E-state index < -0.39 is 0 Å². The number of benzene rings is 1. The molecule has 1 aromatic heterocycles. The van der Waals surface area contributed by atoms with E-state index in [1.807, 2.05) is 50.2 Å². The normalized spacial score (nSPS) is 15.0. The van der Waals surface area contributed by atoms with E-state index in [4.69, 9.17) is 0 Å². The molecule has 1 aliphatic heterocycles. The van der Waals surface area contributed by atoms with Gasteiger partial charge in [0, 0.05) is 44.3 Å². The Labute approximate surface area is 155 Å². The monoisotopic (exact) mass is 353 g/mol. The van der Waals surface area contributed by atoms with E-state index in [0.717, 1.165) is 48.9 Å². The predicted octanol–water partition coefficient (Wildman–Crippen LogP) is 3.34. The predicted molar refractivity (Wildman–Crippen MR) is 106 cm³/mol.